The normalized spacial score (nSPS) is 18.3. The molecule has 2 aliphatic heterocycles. The summed E-state index contributed by atoms with van der Waals surface area (Å²) in [5.74, 6) is -2.42. The molecular weight excluding hydrogens is 619 g/mol. The van der Waals surface area contributed by atoms with Gasteiger partial charge in [-0.1, -0.05) is 18.2 Å². The number of aromatic nitrogens is 4. The fourth-order valence-corrected chi connectivity index (χ4v) is 6.30. The zero-order valence-electron chi connectivity index (χ0n) is 25.2. The highest BCUT2D eigenvalue weighted by Crippen LogP contribution is 2.43. The lowest BCUT2D eigenvalue weighted by molar-refractivity contribution is -0.198. The Morgan fingerprint density at radius 3 is 2.45 bits per heavy atom. The first-order valence-electron chi connectivity index (χ1n) is 14.9. The van der Waals surface area contributed by atoms with Crippen LogP contribution in [-0.4, -0.2) is 73.8 Å². The second kappa shape index (κ2) is 12.2. The van der Waals surface area contributed by atoms with Gasteiger partial charge in [0.25, 0.3) is 0 Å². The average Bonchev–Trinajstić information content (AvgIpc) is 3.66. The van der Waals surface area contributed by atoms with E-state index < -0.39 is 30.3 Å². The highest BCUT2D eigenvalue weighted by atomic mass is 19.4. The fraction of sp³-hybridized carbons (Fsp3) is 0.344. The fourth-order valence-electron chi connectivity index (χ4n) is 6.30. The number of alkyl halides is 3. The van der Waals surface area contributed by atoms with Gasteiger partial charge in [0.05, 0.1) is 16.9 Å². The van der Waals surface area contributed by atoms with Crippen molar-refractivity contribution in [3.8, 4) is 22.7 Å². The molecular formula is C32H32F3N7O5. The summed E-state index contributed by atoms with van der Waals surface area (Å²) in [5, 5.41) is 26.2. The molecule has 2 saturated heterocycles. The lowest BCUT2D eigenvalue weighted by Gasteiger charge is -2.39. The van der Waals surface area contributed by atoms with Gasteiger partial charge < -0.3 is 30.9 Å². The summed E-state index contributed by atoms with van der Waals surface area (Å²) in [5.41, 5.74) is 6.92. The second-order valence-electron chi connectivity index (χ2n) is 12.0. The maximum atomic E-state index is 14.9. The van der Waals surface area contributed by atoms with Crippen molar-refractivity contribution in [1.29, 1.82) is 0 Å². The van der Waals surface area contributed by atoms with Crippen LogP contribution in [0.1, 0.15) is 47.0 Å². The van der Waals surface area contributed by atoms with Crippen LogP contribution in [0.25, 0.3) is 16.8 Å². The highest BCUT2D eigenvalue weighted by Gasteiger charge is 2.46. The standard InChI is InChI=1S/C32H32F3N7O5/c1-18-7-10-42(40-18)24-6-5-20(19-3-2-4-21(13-19)28(43)44)14-22(24)27(32(33,34)35)47-26-15-25(38-30(36)39-26)41-11-8-31(9-12-41)16-23(29(45)46)37-17-31/h2-7,10,13-15,23,27,37H,8-9,11-12,16-17H2,1H3,(H,43,44)(H,45,46)(H2,36,38,39)/t23-,27+/m0/s1. The molecule has 1 spiro atoms. The lowest BCUT2D eigenvalue weighted by Crippen LogP contribution is -2.41. The number of hydrogen-bond donors (Lipinski definition) is 4. The molecule has 47 heavy (non-hydrogen) atoms. The maximum absolute atomic E-state index is 14.9. The monoisotopic (exact) mass is 651 g/mol. The number of nitrogens with two attached hydrogens (primary N) is 1. The summed E-state index contributed by atoms with van der Waals surface area (Å²) in [6, 6.07) is 12.6. The Morgan fingerprint density at radius 2 is 1.81 bits per heavy atom. The van der Waals surface area contributed by atoms with Gasteiger partial charge in [-0.3, -0.25) is 4.79 Å². The van der Waals surface area contributed by atoms with Crippen LogP contribution in [0.15, 0.2) is 60.8 Å². The number of carboxylic acids is 2. The molecule has 6 rings (SSSR count). The third-order valence-electron chi connectivity index (χ3n) is 8.77. The molecule has 0 unspecified atom stereocenters. The molecule has 0 bridgehead atoms. The first-order chi connectivity index (χ1) is 22.3. The minimum Gasteiger partial charge on any atom is -0.480 e. The summed E-state index contributed by atoms with van der Waals surface area (Å²) in [6.45, 7) is 3.27. The number of rotatable bonds is 8. The number of piperidine rings is 1. The van der Waals surface area contributed by atoms with E-state index in [-0.39, 0.29) is 34.1 Å². The van der Waals surface area contributed by atoms with Gasteiger partial charge in [0, 0.05) is 37.5 Å². The van der Waals surface area contributed by atoms with E-state index in [0.717, 1.165) is 0 Å². The molecule has 0 aliphatic carbocycles. The van der Waals surface area contributed by atoms with Gasteiger partial charge >= 0.3 is 18.1 Å². The molecule has 0 amide bonds. The highest BCUT2D eigenvalue weighted by molar-refractivity contribution is 5.89. The van der Waals surface area contributed by atoms with Gasteiger partial charge in [0.1, 0.15) is 11.9 Å². The number of hydrogen-bond acceptors (Lipinski definition) is 9. The van der Waals surface area contributed by atoms with Gasteiger partial charge in [-0.25, -0.2) is 9.48 Å². The number of aromatic carboxylic acids is 1. The summed E-state index contributed by atoms with van der Waals surface area (Å²) in [6.07, 6.45) is -4.08. The Kier molecular flexibility index (Phi) is 8.26. The molecule has 2 aromatic heterocycles. The summed E-state index contributed by atoms with van der Waals surface area (Å²) in [4.78, 5) is 33.2. The van der Waals surface area contributed by atoms with E-state index >= 15 is 0 Å². The van der Waals surface area contributed by atoms with E-state index in [4.69, 9.17) is 10.5 Å². The molecule has 0 radical (unpaired) electrons. The quantitative estimate of drug-likeness (QED) is 0.210. The van der Waals surface area contributed by atoms with Gasteiger partial charge in [-0.2, -0.15) is 28.2 Å². The SMILES string of the molecule is Cc1ccn(-c2ccc(-c3cccc(C(=O)O)c3)cc2[C@@H](Oc2cc(N3CCC4(CC3)CN[C@H](C(=O)O)C4)nc(N)n2)C(F)(F)F)n1. The zero-order valence-corrected chi connectivity index (χ0v) is 25.2. The molecule has 4 aromatic rings. The Morgan fingerprint density at radius 1 is 1.06 bits per heavy atom. The first kappa shape index (κ1) is 31.8. The van der Waals surface area contributed by atoms with Crippen molar-refractivity contribution in [3.63, 3.8) is 0 Å². The van der Waals surface area contributed by atoms with Crippen molar-refractivity contribution < 1.29 is 37.7 Å². The number of anilines is 2. The Bertz CT molecular complexity index is 1820. The van der Waals surface area contributed by atoms with Crippen LogP contribution in [0, 0.1) is 12.3 Å². The van der Waals surface area contributed by atoms with Crippen molar-refractivity contribution in [3.05, 3.63) is 77.6 Å². The lowest BCUT2D eigenvalue weighted by atomic mass is 9.76. The van der Waals surface area contributed by atoms with Crippen LogP contribution in [0.3, 0.4) is 0 Å². The number of nitrogen functional groups attached to an aromatic ring is 1. The van der Waals surface area contributed by atoms with E-state index in [1.165, 1.54) is 47.3 Å². The molecule has 2 aromatic carbocycles. The summed E-state index contributed by atoms with van der Waals surface area (Å²) >= 11 is 0. The number of halogens is 3. The van der Waals surface area contributed by atoms with Crippen molar-refractivity contribution in [2.45, 2.75) is 44.5 Å². The van der Waals surface area contributed by atoms with Crippen LogP contribution in [-0.2, 0) is 4.79 Å². The molecule has 2 atom stereocenters. The van der Waals surface area contributed by atoms with E-state index in [9.17, 15) is 33.0 Å². The van der Waals surface area contributed by atoms with Gasteiger partial charge in [0.2, 0.25) is 17.9 Å². The average molecular weight is 652 g/mol. The molecule has 12 nitrogen and oxygen atoms in total. The van der Waals surface area contributed by atoms with Crippen LogP contribution < -0.4 is 20.7 Å². The number of aliphatic carboxylic acids is 1. The van der Waals surface area contributed by atoms with Crippen LogP contribution in [0.4, 0.5) is 24.9 Å². The predicted octanol–water partition coefficient (Wildman–Crippen LogP) is 4.63. The van der Waals surface area contributed by atoms with Gasteiger partial charge in [-0.05, 0) is 73.1 Å². The maximum Gasteiger partial charge on any atom is 0.429 e. The van der Waals surface area contributed by atoms with Crippen molar-refractivity contribution in [2.24, 2.45) is 5.41 Å². The number of carbonyl (C=O) groups is 2. The molecule has 246 valence electrons. The number of nitrogens with one attached hydrogen (secondary N) is 1. The Labute approximate surface area is 267 Å². The van der Waals surface area contributed by atoms with E-state index in [1.807, 2.05) is 4.90 Å². The largest absolute Gasteiger partial charge is 0.480 e. The minimum absolute atomic E-state index is 0.0158. The topological polar surface area (TPSA) is 169 Å². The third kappa shape index (κ3) is 6.70. The molecule has 4 heterocycles. The van der Waals surface area contributed by atoms with Crippen LogP contribution >= 0.6 is 0 Å². The van der Waals surface area contributed by atoms with Gasteiger partial charge in [0.15, 0.2) is 0 Å². The number of benzene rings is 2. The van der Waals surface area contributed by atoms with Crippen molar-refractivity contribution >= 4 is 23.7 Å². The van der Waals surface area contributed by atoms with Crippen molar-refractivity contribution in [1.82, 2.24) is 25.1 Å². The number of aryl methyl sites for hydroxylation is 1. The third-order valence-corrected chi connectivity index (χ3v) is 8.77. The second-order valence-corrected chi connectivity index (χ2v) is 12.0. The molecule has 5 N–H and O–H groups in total. The number of nitrogens with zero attached hydrogens (tertiary/aromatic N) is 5. The Hall–Kier alpha value is -5.18. The molecule has 2 fully saturated rings. The minimum atomic E-state index is -4.92. The smallest absolute Gasteiger partial charge is 0.429 e. The zero-order chi connectivity index (χ0) is 33.5. The van der Waals surface area contributed by atoms with Gasteiger partial charge in [-0.15, -0.1) is 0 Å². The summed E-state index contributed by atoms with van der Waals surface area (Å²) in [7, 11) is 0. The van der Waals surface area contributed by atoms with Crippen LogP contribution in [0.2, 0.25) is 0 Å². The van der Waals surface area contributed by atoms with Crippen molar-refractivity contribution in [2.75, 3.05) is 30.3 Å². The molecule has 0 saturated carbocycles. The number of carboxylic acid groups (broad SMARTS) is 2. The number of ether oxygens (including phenoxy) is 1. The summed E-state index contributed by atoms with van der Waals surface area (Å²) < 4.78 is 51.8. The van der Waals surface area contributed by atoms with E-state index in [1.54, 1.807) is 25.1 Å². The van der Waals surface area contributed by atoms with E-state index in [2.05, 4.69) is 20.4 Å². The van der Waals surface area contributed by atoms with E-state index in [0.29, 0.717) is 61.5 Å². The van der Waals surface area contributed by atoms with Crippen LogP contribution in [0.5, 0.6) is 5.88 Å². The first-order valence-corrected chi connectivity index (χ1v) is 14.9. The Balaban J connectivity index is 1.34. The molecule has 2 aliphatic rings. The predicted molar refractivity (Wildman–Crippen MR) is 164 cm³/mol. The molecule has 15 heteroatoms.